The van der Waals surface area contributed by atoms with Crippen LogP contribution in [0.2, 0.25) is 0 Å². The quantitative estimate of drug-likeness (QED) is 0.00634. The summed E-state index contributed by atoms with van der Waals surface area (Å²) < 4.78 is 104. The third-order valence-corrected chi connectivity index (χ3v) is 19.8. The maximum absolute atomic E-state index is 12.3. The molecular formula is C77H125N8NaO19S. The number of hydrogen-bond donors (Lipinski definition) is 3. The number of epoxide rings is 2. The Labute approximate surface area is 654 Å². The van der Waals surface area contributed by atoms with Gasteiger partial charge < -0.3 is 78.7 Å². The van der Waals surface area contributed by atoms with Crippen molar-refractivity contribution in [2.24, 2.45) is 33.9 Å². The zero-order valence-corrected chi connectivity index (χ0v) is 68.8. The van der Waals surface area contributed by atoms with Crippen LogP contribution >= 0.6 is 0 Å². The smallest absolute Gasteiger partial charge is 1.00 e. The molecular weight excluding hydrogens is 1400 g/mol. The summed E-state index contributed by atoms with van der Waals surface area (Å²) in [5.74, 6) is 1.23. The van der Waals surface area contributed by atoms with Gasteiger partial charge in [0, 0.05) is 35.8 Å². The fourth-order valence-electron chi connectivity index (χ4n) is 12.7. The predicted octanol–water partition coefficient (Wildman–Crippen LogP) is 8.74. The van der Waals surface area contributed by atoms with Gasteiger partial charge in [0.25, 0.3) is 10.1 Å². The molecule has 6 aliphatic heterocycles. The number of benzene rings is 1. The molecule has 0 saturated carbocycles. The third kappa shape index (κ3) is 35.7. The second kappa shape index (κ2) is 48.4. The van der Waals surface area contributed by atoms with E-state index in [-0.39, 0.29) is 133 Å². The maximum atomic E-state index is 12.3. The molecule has 2 spiro atoms. The predicted molar refractivity (Wildman–Crippen MR) is 402 cm³/mol. The van der Waals surface area contributed by atoms with Crippen molar-refractivity contribution < 1.29 is 120 Å². The summed E-state index contributed by atoms with van der Waals surface area (Å²) in [6.45, 7) is 37.9. The van der Waals surface area contributed by atoms with Gasteiger partial charge in [-0.25, -0.2) is 0 Å². The molecule has 106 heavy (non-hydrogen) atoms. The molecule has 6 fully saturated rings. The molecule has 1 aromatic rings. The van der Waals surface area contributed by atoms with E-state index >= 15 is 0 Å². The van der Waals surface area contributed by atoms with Crippen molar-refractivity contribution in [3.8, 4) is 0 Å². The summed E-state index contributed by atoms with van der Waals surface area (Å²) in [6.07, 6.45) is 23.1. The number of ether oxygens (including phenoxy) is 13. The van der Waals surface area contributed by atoms with E-state index in [0.717, 1.165) is 48.8 Å². The van der Waals surface area contributed by atoms with Crippen molar-refractivity contribution >= 4 is 21.9 Å². The molecule has 29 heteroatoms. The molecule has 6 aliphatic rings. The van der Waals surface area contributed by atoms with E-state index in [1.807, 2.05) is 58.9 Å². The fraction of sp³-hybridized carbons (Fsp3) is 0.740. The fourth-order valence-corrected chi connectivity index (χ4v) is 13.6. The molecule has 2 amide bonds. The normalized spacial score (nSPS) is 28.4. The number of nitrogens with zero attached hydrogens (tertiary/aromatic N) is 6. The molecule has 6 saturated heterocycles. The van der Waals surface area contributed by atoms with Gasteiger partial charge in [0.15, 0.2) is 0 Å². The van der Waals surface area contributed by atoms with Gasteiger partial charge >= 0.3 is 29.6 Å². The molecule has 594 valence electrons. The SMILES string of the molecule is CC(/C=C/[C@H]1OC(C)(C)C[C@@]2(CO2)[C@@H]1O)=C\C[C@@H]1O[C@H](C)[C@H](NC(=O)/C=C\C(C)C)C[C@@H]1C.CC(/C=C/[C@H]1OC(C)(C)C[C@@]2(CO2)[C@@H]1OCCOCCOCCOCCN=[N+]=[N-])=C\C[C@@H]1O[C@H](C)[C@H](NC(=O)/C=C\C(C)C)C[C@@H]1C.Cc1ccc(S(=O)(=O)OCCOCCOCCOCCN=[N+]=[N-])cc1.[H-].[Na+]. The first-order valence-electron chi connectivity index (χ1n) is 37.3. The Morgan fingerprint density at radius 2 is 1.00 bits per heavy atom. The number of aliphatic hydroxyl groups excluding tert-OH is 1. The Kier molecular flexibility index (Phi) is 42.9. The molecule has 0 unspecified atom stereocenters. The van der Waals surface area contributed by atoms with Gasteiger partial charge in [0.05, 0.1) is 158 Å². The molecule has 0 aromatic heterocycles. The Bertz CT molecular complexity index is 3180. The van der Waals surface area contributed by atoms with Gasteiger partial charge in [-0.1, -0.05) is 129 Å². The van der Waals surface area contributed by atoms with Crippen LogP contribution in [0, 0.1) is 30.6 Å². The van der Waals surface area contributed by atoms with E-state index in [2.05, 4.69) is 124 Å². The molecule has 14 atom stereocenters. The van der Waals surface area contributed by atoms with Gasteiger partial charge in [0.2, 0.25) is 11.8 Å². The largest absolute Gasteiger partial charge is 1.00 e. The average Bonchev–Trinajstić information content (AvgIpc) is 1.59. The number of rotatable bonds is 41. The maximum Gasteiger partial charge on any atom is 1.00 e. The summed E-state index contributed by atoms with van der Waals surface area (Å²) in [5.41, 5.74) is 18.1. The van der Waals surface area contributed by atoms with E-state index < -0.39 is 21.8 Å². The average molecular weight is 1520 g/mol. The van der Waals surface area contributed by atoms with Gasteiger partial charge in [-0.05, 0) is 147 Å². The molecule has 27 nitrogen and oxygen atoms in total. The zero-order chi connectivity index (χ0) is 77.1. The first kappa shape index (κ1) is 93.9. The van der Waals surface area contributed by atoms with Crippen LogP contribution in [0.25, 0.3) is 20.9 Å². The van der Waals surface area contributed by atoms with Crippen LogP contribution in [0.15, 0.2) is 111 Å². The molecule has 0 aliphatic carbocycles. The number of hydrogen-bond acceptors (Lipinski definition) is 21. The van der Waals surface area contributed by atoms with Crippen molar-refractivity contribution in [3.05, 3.63) is 123 Å². The van der Waals surface area contributed by atoms with Crippen molar-refractivity contribution in [2.45, 2.75) is 231 Å². The zero-order valence-electron chi connectivity index (χ0n) is 67.0. The first-order chi connectivity index (χ1) is 49.9. The standard InChI is InChI=1S/C35H58N4O8.C27H43NO5.C15H23N3O6S.Na.H/c1-25(2)8-13-32(40)38-29-22-27(4)30(46-28(29)5)11-9-26(3)10-12-31-33(35(24-45-35)23-34(6,7)47-31)44-21-20-43-19-18-42-17-16-41-15-14-37-39-36;1-17(2)8-13-24(29)28-21-14-19(4)22(32-20(21)5)11-9-18(3)10-12-23-25(30)27(16-31-27)15-26(6,7)33-23;1-14-2-4-15(5-3-14)25(19,20)24-13-12-23-11-10-22-9-8-21-7-6-17-18-16;;/h8-10,12-13,25,27-31,33H,11,14-24H2,1-7H3,(H,38,40);8-10,12-13,17,19-23,25,30H,11,14-16H2,1-7H3,(H,28,29);2-5H,6-13H2,1H3;;/q;;;+1;-1/b12-10+,13-8-,26-9+;12-10+,13-8-,18-9+;;;/t27-,28+,29+,30-,31+,33+,35+;19-,20+,21+,22-,23+,25+,27+;;;/m00.../s1. The molecule has 0 radical (unpaired) electrons. The van der Waals surface area contributed by atoms with E-state index in [4.69, 9.17) is 76.8 Å². The number of azide groups is 2. The number of aliphatic hydroxyl groups is 1. The van der Waals surface area contributed by atoms with Crippen LogP contribution in [0.1, 0.15) is 142 Å². The Morgan fingerprint density at radius 3 is 1.42 bits per heavy atom. The minimum Gasteiger partial charge on any atom is -1.00 e. The van der Waals surface area contributed by atoms with Crippen LogP contribution in [0.5, 0.6) is 0 Å². The number of allylic oxidation sites excluding steroid dienone is 6. The summed E-state index contributed by atoms with van der Waals surface area (Å²) in [4.78, 5) is 29.9. The molecule has 6 heterocycles. The topological polar surface area (TPSA) is 346 Å². The van der Waals surface area contributed by atoms with Crippen molar-refractivity contribution in [3.63, 3.8) is 0 Å². The second-order valence-electron chi connectivity index (χ2n) is 29.9. The number of aryl methyl sites for hydroxylation is 1. The monoisotopic (exact) mass is 1520 g/mol. The number of nitrogens with one attached hydrogen (secondary N) is 2. The van der Waals surface area contributed by atoms with Crippen LogP contribution in [0.3, 0.4) is 0 Å². The molecule has 7 rings (SSSR count). The van der Waals surface area contributed by atoms with Gasteiger partial charge in [-0.15, -0.1) is 0 Å². The van der Waals surface area contributed by atoms with E-state index in [0.29, 0.717) is 136 Å². The first-order valence-corrected chi connectivity index (χ1v) is 38.7. The van der Waals surface area contributed by atoms with Crippen LogP contribution in [-0.4, -0.2) is 227 Å². The molecule has 3 N–H and O–H groups in total. The minimum absolute atomic E-state index is 0. The van der Waals surface area contributed by atoms with E-state index in [1.165, 1.54) is 12.1 Å². The van der Waals surface area contributed by atoms with E-state index in [9.17, 15) is 23.1 Å². The van der Waals surface area contributed by atoms with Crippen molar-refractivity contribution in [2.75, 3.05) is 119 Å². The summed E-state index contributed by atoms with van der Waals surface area (Å²) in [6, 6.07) is 6.47. The Morgan fingerprint density at radius 1 is 0.613 bits per heavy atom. The van der Waals surface area contributed by atoms with Crippen LogP contribution in [-0.2, 0) is 85.5 Å². The summed E-state index contributed by atoms with van der Waals surface area (Å²) in [5, 5.41) is 23.6. The van der Waals surface area contributed by atoms with Crippen LogP contribution < -0.4 is 40.2 Å². The Hall–Kier alpha value is -4.43. The van der Waals surface area contributed by atoms with Crippen LogP contribution in [0.4, 0.5) is 0 Å². The van der Waals surface area contributed by atoms with Crippen molar-refractivity contribution in [1.82, 2.24) is 10.6 Å². The minimum atomic E-state index is -3.75. The van der Waals surface area contributed by atoms with Gasteiger partial charge in [0.1, 0.15) is 35.6 Å². The summed E-state index contributed by atoms with van der Waals surface area (Å²) in [7, 11) is -3.75. The number of amides is 2. The Balaban J connectivity index is 0.000000435. The third-order valence-electron chi connectivity index (χ3n) is 18.4. The molecule has 1 aromatic carbocycles. The van der Waals surface area contributed by atoms with Gasteiger partial charge in [-0.2, -0.15) is 8.42 Å². The number of carbonyl (C=O) groups excluding carboxylic acids is 2. The van der Waals surface area contributed by atoms with Gasteiger partial charge in [-0.3, -0.25) is 13.8 Å². The van der Waals surface area contributed by atoms with E-state index in [1.54, 1.807) is 24.3 Å². The summed E-state index contributed by atoms with van der Waals surface area (Å²) >= 11 is 0. The number of carbonyl (C=O) groups is 2. The molecule has 0 bridgehead atoms. The van der Waals surface area contributed by atoms with Crippen molar-refractivity contribution in [1.29, 1.82) is 0 Å². The second-order valence-corrected chi connectivity index (χ2v) is 31.5.